The predicted molar refractivity (Wildman–Crippen MR) is 121 cm³/mol. The molecule has 1 unspecified atom stereocenters. The van der Waals surface area contributed by atoms with Gasteiger partial charge in [0.05, 0.1) is 6.61 Å². The summed E-state index contributed by atoms with van der Waals surface area (Å²) in [5, 5.41) is 0. The monoisotopic (exact) mass is 376 g/mol. The highest BCUT2D eigenvalue weighted by Crippen LogP contribution is 2.15. The van der Waals surface area contributed by atoms with Gasteiger partial charge in [-0.3, -0.25) is 0 Å². The molecule has 28 heavy (non-hydrogen) atoms. The Morgan fingerprint density at radius 3 is 2.04 bits per heavy atom. The fraction of sp³-hybridized carbons (Fsp3) is 0.481. The van der Waals surface area contributed by atoms with E-state index in [0.29, 0.717) is 0 Å². The number of unbranched alkanes of at least 4 members (excludes halogenated alkanes) is 3. The number of hydrogen-bond acceptors (Lipinski definition) is 1. The molecular formula is C27H36O. The molecule has 0 spiro atoms. The normalized spacial score (nSPS) is 11.5. The van der Waals surface area contributed by atoms with Gasteiger partial charge in [-0.15, -0.1) is 0 Å². The van der Waals surface area contributed by atoms with Crippen molar-refractivity contribution in [3.8, 4) is 17.6 Å². The van der Waals surface area contributed by atoms with Crippen molar-refractivity contribution in [1.82, 2.24) is 0 Å². The van der Waals surface area contributed by atoms with E-state index in [1.165, 1.54) is 50.5 Å². The van der Waals surface area contributed by atoms with E-state index in [0.717, 1.165) is 35.8 Å². The molecule has 0 aliphatic heterocycles. The first-order chi connectivity index (χ1) is 13.7. The molecule has 0 bridgehead atoms. The summed E-state index contributed by atoms with van der Waals surface area (Å²) in [6.45, 7) is 7.62. The fourth-order valence-corrected chi connectivity index (χ4v) is 3.10. The molecule has 0 saturated carbocycles. The average molecular weight is 377 g/mol. The summed E-state index contributed by atoms with van der Waals surface area (Å²) >= 11 is 0. The van der Waals surface area contributed by atoms with E-state index < -0.39 is 0 Å². The van der Waals surface area contributed by atoms with Crippen LogP contribution in [-0.4, -0.2) is 6.61 Å². The predicted octanol–water partition coefficient (Wildman–Crippen LogP) is 7.41. The molecular weight excluding hydrogens is 340 g/mol. The topological polar surface area (TPSA) is 9.23 Å². The molecule has 0 saturated heterocycles. The lowest BCUT2D eigenvalue weighted by molar-refractivity contribution is 0.299. The van der Waals surface area contributed by atoms with Crippen molar-refractivity contribution in [3.63, 3.8) is 0 Å². The Hall–Kier alpha value is -2.20. The quantitative estimate of drug-likeness (QED) is 0.293. The average Bonchev–Trinajstić information content (AvgIpc) is 2.74. The van der Waals surface area contributed by atoms with Crippen molar-refractivity contribution < 1.29 is 4.74 Å². The Morgan fingerprint density at radius 2 is 1.43 bits per heavy atom. The Balaban J connectivity index is 1.76. The first kappa shape index (κ1) is 22.1. The van der Waals surface area contributed by atoms with Crippen LogP contribution in [0.2, 0.25) is 0 Å². The first-order valence-corrected chi connectivity index (χ1v) is 11.0. The van der Waals surface area contributed by atoms with E-state index in [-0.39, 0.29) is 0 Å². The highest BCUT2D eigenvalue weighted by molar-refractivity contribution is 5.44. The minimum absolute atomic E-state index is 0.798. The van der Waals surface area contributed by atoms with Crippen molar-refractivity contribution in [2.45, 2.75) is 72.1 Å². The van der Waals surface area contributed by atoms with Crippen LogP contribution in [0.1, 0.15) is 82.4 Å². The zero-order valence-corrected chi connectivity index (χ0v) is 18.0. The second-order valence-corrected chi connectivity index (χ2v) is 7.79. The molecule has 2 aromatic carbocycles. The van der Waals surface area contributed by atoms with Crippen LogP contribution in [0.15, 0.2) is 48.5 Å². The highest BCUT2D eigenvalue weighted by atomic mass is 16.5. The van der Waals surface area contributed by atoms with Crippen LogP contribution in [0, 0.1) is 17.8 Å². The van der Waals surface area contributed by atoms with Gasteiger partial charge >= 0.3 is 0 Å². The molecule has 0 fully saturated rings. The molecule has 150 valence electrons. The SMILES string of the molecule is CCCCCc1ccc(C#Cc2ccc(OCCCCC(C)CC)cc2)cc1. The zero-order chi connectivity index (χ0) is 20.0. The molecule has 0 aliphatic carbocycles. The van der Waals surface area contributed by atoms with Crippen LogP contribution in [-0.2, 0) is 6.42 Å². The van der Waals surface area contributed by atoms with Crippen LogP contribution in [0.4, 0.5) is 0 Å². The van der Waals surface area contributed by atoms with Gasteiger partial charge in [0.1, 0.15) is 5.75 Å². The summed E-state index contributed by atoms with van der Waals surface area (Å²) in [6.07, 6.45) is 9.95. The standard InChI is InChI=1S/C27H36O/c1-4-6-7-11-24-12-14-25(15-13-24)16-17-26-18-20-27(21-19-26)28-22-9-8-10-23(3)5-2/h12-15,18-21,23H,4-11,22H2,1-3H3. The summed E-state index contributed by atoms with van der Waals surface area (Å²) in [5.74, 6) is 8.27. The molecule has 0 aliphatic rings. The summed E-state index contributed by atoms with van der Waals surface area (Å²) in [6, 6.07) is 16.8. The largest absolute Gasteiger partial charge is 0.494 e. The Kier molecular flexibility index (Phi) is 10.3. The number of rotatable bonds is 11. The molecule has 0 aromatic heterocycles. The molecule has 0 heterocycles. The minimum atomic E-state index is 0.798. The molecule has 0 radical (unpaired) electrons. The molecule has 2 rings (SSSR count). The van der Waals surface area contributed by atoms with Gasteiger partial charge in [-0.25, -0.2) is 0 Å². The summed E-state index contributed by atoms with van der Waals surface area (Å²) in [4.78, 5) is 0. The van der Waals surface area contributed by atoms with E-state index in [1.807, 2.05) is 24.3 Å². The molecule has 1 heteroatoms. The van der Waals surface area contributed by atoms with E-state index in [2.05, 4.69) is 56.9 Å². The van der Waals surface area contributed by atoms with Crippen molar-refractivity contribution in [3.05, 3.63) is 65.2 Å². The maximum Gasteiger partial charge on any atom is 0.119 e. The van der Waals surface area contributed by atoms with Gasteiger partial charge < -0.3 is 4.74 Å². The summed E-state index contributed by atoms with van der Waals surface area (Å²) < 4.78 is 5.84. The van der Waals surface area contributed by atoms with Crippen LogP contribution in [0.3, 0.4) is 0 Å². The van der Waals surface area contributed by atoms with E-state index in [9.17, 15) is 0 Å². The van der Waals surface area contributed by atoms with Gasteiger partial charge in [-0.2, -0.15) is 0 Å². The third kappa shape index (κ3) is 8.66. The second-order valence-electron chi connectivity index (χ2n) is 7.79. The Morgan fingerprint density at radius 1 is 0.786 bits per heavy atom. The fourth-order valence-electron chi connectivity index (χ4n) is 3.10. The number of aryl methyl sites for hydroxylation is 1. The van der Waals surface area contributed by atoms with Crippen LogP contribution < -0.4 is 4.74 Å². The lowest BCUT2D eigenvalue weighted by Crippen LogP contribution is -1.99. The van der Waals surface area contributed by atoms with Crippen molar-refractivity contribution in [1.29, 1.82) is 0 Å². The maximum atomic E-state index is 5.84. The van der Waals surface area contributed by atoms with Crippen LogP contribution >= 0.6 is 0 Å². The van der Waals surface area contributed by atoms with Gasteiger partial charge in [-0.05, 0) is 73.6 Å². The summed E-state index contributed by atoms with van der Waals surface area (Å²) in [5.41, 5.74) is 3.50. The number of hydrogen-bond donors (Lipinski definition) is 0. The molecule has 1 atom stereocenters. The van der Waals surface area contributed by atoms with Gasteiger partial charge in [0.2, 0.25) is 0 Å². The summed E-state index contributed by atoms with van der Waals surface area (Å²) in [7, 11) is 0. The molecule has 2 aromatic rings. The number of ether oxygens (including phenoxy) is 1. The minimum Gasteiger partial charge on any atom is -0.494 e. The third-order valence-electron chi connectivity index (χ3n) is 5.29. The first-order valence-electron chi connectivity index (χ1n) is 11.0. The maximum absolute atomic E-state index is 5.84. The Bertz CT molecular complexity index is 716. The van der Waals surface area contributed by atoms with E-state index in [1.54, 1.807) is 0 Å². The van der Waals surface area contributed by atoms with Gasteiger partial charge in [0.25, 0.3) is 0 Å². The Labute approximate surface area is 172 Å². The van der Waals surface area contributed by atoms with Crippen molar-refractivity contribution in [2.75, 3.05) is 6.61 Å². The second kappa shape index (κ2) is 13.1. The highest BCUT2D eigenvalue weighted by Gasteiger charge is 1.99. The van der Waals surface area contributed by atoms with Crippen LogP contribution in [0.25, 0.3) is 0 Å². The van der Waals surface area contributed by atoms with Crippen LogP contribution in [0.5, 0.6) is 5.75 Å². The van der Waals surface area contributed by atoms with Gasteiger partial charge in [0.15, 0.2) is 0 Å². The molecule has 0 N–H and O–H groups in total. The molecule has 0 amide bonds. The van der Waals surface area contributed by atoms with Gasteiger partial charge in [-0.1, -0.05) is 70.4 Å². The third-order valence-corrected chi connectivity index (χ3v) is 5.29. The smallest absolute Gasteiger partial charge is 0.119 e. The van der Waals surface area contributed by atoms with E-state index in [4.69, 9.17) is 4.74 Å². The molecule has 1 nitrogen and oxygen atoms in total. The number of benzene rings is 2. The van der Waals surface area contributed by atoms with Crippen molar-refractivity contribution >= 4 is 0 Å². The lowest BCUT2D eigenvalue weighted by atomic mass is 10.0. The van der Waals surface area contributed by atoms with E-state index >= 15 is 0 Å². The zero-order valence-electron chi connectivity index (χ0n) is 18.0. The lowest BCUT2D eigenvalue weighted by Gasteiger charge is -2.09. The van der Waals surface area contributed by atoms with Gasteiger partial charge in [0, 0.05) is 11.1 Å². The van der Waals surface area contributed by atoms with Crippen molar-refractivity contribution in [2.24, 2.45) is 5.92 Å².